The fourth-order valence-corrected chi connectivity index (χ4v) is 1.31. The molecule has 7 N–H and O–H groups in total. The van der Waals surface area contributed by atoms with Crippen LogP contribution in [0.4, 0.5) is 4.79 Å². The second-order valence-electron chi connectivity index (χ2n) is 4.22. The van der Waals surface area contributed by atoms with Gasteiger partial charge in [-0.15, -0.1) is 0 Å². The summed E-state index contributed by atoms with van der Waals surface area (Å²) in [6.07, 6.45) is -1.26. The highest BCUT2D eigenvalue weighted by atomic mass is 16.5. The summed E-state index contributed by atoms with van der Waals surface area (Å²) in [5, 5.41) is 34.7. The summed E-state index contributed by atoms with van der Waals surface area (Å²) < 4.78 is 4.78. The zero-order valence-corrected chi connectivity index (χ0v) is 11.2. The molecule has 3 unspecified atom stereocenters. The fraction of sp³-hybridized carbons (Fsp3) is 0.600. The topological polar surface area (TPSA) is 184 Å². The van der Waals surface area contributed by atoms with Crippen molar-refractivity contribution in [1.82, 2.24) is 20.8 Å². The molecule has 0 saturated carbocycles. The maximum absolute atomic E-state index is 11.5. The average molecular weight is 303 g/mol. The van der Waals surface area contributed by atoms with E-state index in [1.807, 2.05) is 0 Å². The molecule has 0 radical (unpaired) electrons. The van der Waals surface area contributed by atoms with Gasteiger partial charge < -0.3 is 36.2 Å². The number of rotatable bonds is 7. The fourth-order valence-electron chi connectivity index (χ4n) is 1.31. The lowest BCUT2D eigenvalue weighted by Gasteiger charge is -2.16. The van der Waals surface area contributed by atoms with Gasteiger partial charge in [-0.3, -0.25) is 0 Å². The van der Waals surface area contributed by atoms with Crippen molar-refractivity contribution in [2.24, 2.45) is 5.73 Å². The second-order valence-corrected chi connectivity index (χ2v) is 4.22. The van der Waals surface area contributed by atoms with Crippen LogP contribution in [0.15, 0.2) is 4.52 Å². The van der Waals surface area contributed by atoms with Crippen LogP contribution in [-0.4, -0.2) is 56.2 Å². The van der Waals surface area contributed by atoms with E-state index in [9.17, 15) is 14.7 Å². The normalized spacial score (nSPS) is 15.0. The highest BCUT2D eigenvalue weighted by Gasteiger charge is 2.25. The predicted molar refractivity (Wildman–Crippen MR) is 66.8 cm³/mol. The van der Waals surface area contributed by atoms with Gasteiger partial charge >= 0.3 is 12.0 Å². The summed E-state index contributed by atoms with van der Waals surface area (Å²) in [6.45, 7) is 0.713. The molecule has 0 aromatic carbocycles. The molecule has 0 aliphatic heterocycles. The molecule has 11 nitrogen and oxygen atoms in total. The third-order valence-corrected chi connectivity index (χ3v) is 2.45. The van der Waals surface area contributed by atoms with Gasteiger partial charge in [0.1, 0.15) is 0 Å². The number of hydrogen-bond donors (Lipinski definition) is 6. The molecule has 1 heterocycles. The third kappa shape index (κ3) is 4.98. The first-order valence-corrected chi connectivity index (χ1v) is 5.99. The molecule has 0 bridgehead atoms. The zero-order valence-electron chi connectivity index (χ0n) is 11.2. The van der Waals surface area contributed by atoms with Crippen LogP contribution in [0, 0.1) is 0 Å². The number of carboxylic acids is 1. The van der Waals surface area contributed by atoms with Crippen LogP contribution < -0.4 is 16.4 Å². The van der Waals surface area contributed by atoms with E-state index < -0.39 is 30.2 Å². The number of urea groups is 1. The van der Waals surface area contributed by atoms with Crippen LogP contribution in [0.2, 0.25) is 0 Å². The molecule has 118 valence electrons. The van der Waals surface area contributed by atoms with Gasteiger partial charge in [0.05, 0.1) is 25.3 Å². The van der Waals surface area contributed by atoms with Crippen molar-refractivity contribution < 1.29 is 29.4 Å². The molecule has 0 fully saturated rings. The first-order chi connectivity index (χ1) is 9.85. The lowest BCUT2D eigenvalue weighted by molar-refractivity contribution is -0.141. The Bertz CT molecular complexity index is 490. The Labute approximate surface area is 119 Å². The van der Waals surface area contributed by atoms with Gasteiger partial charge in [-0.05, 0) is 6.92 Å². The van der Waals surface area contributed by atoms with Crippen LogP contribution in [-0.2, 0) is 11.3 Å². The quantitative estimate of drug-likeness (QED) is 0.322. The Hall–Kier alpha value is -2.24. The van der Waals surface area contributed by atoms with Gasteiger partial charge in [0, 0.05) is 0 Å². The Kier molecular flexibility index (Phi) is 6.02. The smallest absolute Gasteiger partial charge is 0.328 e. The minimum atomic E-state index is -1.44. The zero-order chi connectivity index (χ0) is 16.0. The van der Waals surface area contributed by atoms with Gasteiger partial charge in [0.15, 0.2) is 11.9 Å². The van der Waals surface area contributed by atoms with Gasteiger partial charge in [0.2, 0.25) is 5.89 Å². The third-order valence-electron chi connectivity index (χ3n) is 2.45. The number of carboxylic acid groups (broad SMARTS) is 1. The van der Waals surface area contributed by atoms with Crippen molar-refractivity contribution in [3.8, 4) is 0 Å². The second kappa shape index (κ2) is 7.52. The predicted octanol–water partition coefficient (Wildman–Crippen LogP) is -2.31. The van der Waals surface area contributed by atoms with Gasteiger partial charge in [0.25, 0.3) is 0 Å². The number of aliphatic hydroxyl groups excluding tert-OH is 2. The number of nitrogens with zero attached hydrogens (tertiary/aromatic N) is 2. The largest absolute Gasteiger partial charge is 0.480 e. The summed E-state index contributed by atoms with van der Waals surface area (Å²) in [4.78, 5) is 26.1. The summed E-state index contributed by atoms with van der Waals surface area (Å²) >= 11 is 0. The van der Waals surface area contributed by atoms with Crippen LogP contribution in [0.1, 0.15) is 24.7 Å². The molecule has 1 aromatic rings. The maximum Gasteiger partial charge on any atom is 0.328 e. The van der Waals surface area contributed by atoms with Crippen LogP contribution in [0.25, 0.3) is 0 Å². The summed E-state index contributed by atoms with van der Waals surface area (Å²) in [7, 11) is 0. The lowest BCUT2D eigenvalue weighted by Crippen LogP contribution is -2.51. The van der Waals surface area contributed by atoms with E-state index in [1.165, 1.54) is 6.92 Å². The monoisotopic (exact) mass is 303 g/mol. The number of aromatic nitrogens is 2. The number of hydrogen-bond acceptors (Lipinski definition) is 8. The molecular formula is C10H17N5O6. The van der Waals surface area contributed by atoms with Crippen LogP contribution in [0.3, 0.4) is 0 Å². The first-order valence-electron chi connectivity index (χ1n) is 5.99. The van der Waals surface area contributed by atoms with Crippen molar-refractivity contribution in [2.45, 2.75) is 31.7 Å². The number of amides is 2. The van der Waals surface area contributed by atoms with E-state index in [4.69, 9.17) is 20.5 Å². The minimum Gasteiger partial charge on any atom is -0.480 e. The van der Waals surface area contributed by atoms with Gasteiger partial charge in [-0.2, -0.15) is 4.98 Å². The highest BCUT2D eigenvalue weighted by molar-refractivity contribution is 5.82. The number of nitrogens with one attached hydrogen (secondary N) is 2. The number of aliphatic hydroxyl groups is 2. The number of aliphatic carboxylic acids is 1. The minimum absolute atomic E-state index is 0.0352. The van der Waals surface area contributed by atoms with Crippen molar-refractivity contribution in [3.05, 3.63) is 11.7 Å². The van der Waals surface area contributed by atoms with E-state index in [0.717, 1.165) is 0 Å². The van der Waals surface area contributed by atoms with E-state index in [0.29, 0.717) is 0 Å². The highest BCUT2D eigenvalue weighted by Crippen LogP contribution is 2.04. The summed E-state index contributed by atoms with van der Waals surface area (Å²) in [5.41, 5.74) is 5.47. The van der Waals surface area contributed by atoms with Crippen molar-refractivity contribution in [1.29, 1.82) is 0 Å². The SMILES string of the molecule is CC(O)C(NC(=O)NCc1nc(C(N)CO)no1)C(=O)O. The van der Waals surface area contributed by atoms with Gasteiger partial charge in [-0.1, -0.05) is 5.16 Å². The molecule has 21 heavy (non-hydrogen) atoms. The van der Waals surface area contributed by atoms with Gasteiger partial charge in [-0.25, -0.2) is 9.59 Å². The summed E-state index contributed by atoms with van der Waals surface area (Å²) in [5.74, 6) is -1.25. The molecule has 0 spiro atoms. The van der Waals surface area contributed by atoms with Crippen molar-refractivity contribution in [3.63, 3.8) is 0 Å². The van der Waals surface area contributed by atoms with E-state index in [1.54, 1.807) is 0 Å². The molecule has 0 aliphatic rings. The maximum atomic E-state index is 11.5. The molecule has 3 atom stereocenters. The molecule has 11 heteroatoms. The molecule has 0 aliphatic carbocycles. The standard InChI is InChI=1S/C10H17N5O6/c1-4(17)7(9(18)19)14-10(20)12-2-6-13-8(15-21-6)5(11)3-16/h4-5,7,16-17H,2-3,11H2,1H3,(H,18,19)(H2,12,14,20). The van der Waals surface area contributed by atoms with Crippen molar-refractivity contribution in [2.75, 3.05) is 6.61 Å². The number of carbonyl (C=O) groups is 2. The van der Waals surface area contributed by atoms with Crippen LogP contribution >= 0.6 is 0 Å². The Balaban J connectivity index is 2.49. The average Bonchev–Trinajstić information content (AvgIpc) is 2.89. The number of nitrogens with two attached hydrogens (primary N) is 1. The van der Waals surface area contributed by atoms with E-state index in [2.05, 4.69) is 20.8 Å². The first kappa shape index (κ1) is 16.8. The number of carbonyl (C=O) groups excluding carboxylic acids is 1. The lowest BCUT2D eigenvalue weighted by atomic mass is 10.2. The summed E-state index contributed by atoms with van der Waals surface area (Å²) in [6, 6.07) is -3.05. The Morgan fingerprint density at radius 2 is 2.14 bits per heavy atom. The molecule has 0 saturated heterocycles. The molecular weight excluding hydrogens is 286 g/mol. The molecule has 2 amide bonds. The van der Waals surface area contributed by atoms with E-state index >= 15 is 0 Å². The van der Waals surface area contributed by atoms with Crippen molar-refractivity contribution >= 4 is 12.0 Å². The van der Waals surface area contributed by atoms with Crippen LogP contribution in [0.5, 0.6) is 0 Å². The molecule has 1 rings (SSSR count). The Morgan fingerprint density at radius 1 is 1.48 bits per heavy atom. The molecule has 1 aromatic heterocycles. The Morgan fingerprint density at radius 3 is 2.67 bits per heavy atom. The van der Waals surface area contributed by atoms with E-state index in [-0.39, 0.29) is 24.9 Å².